The Morgan fingerprint density at radius 3 is 1.53 bits per heavy atom. The first-order valence-electron chi connectivity index (χ1n) is 11.4. The van der Waals surface area contributed by atoms with E-state index in [1.165, 1.54) is 51.4 Å². The van der Waals surface area contributed by atoms with Crippen molar-refractivity contribution in [2.75, 3.05) is 13.2 Å². The van der Waals surface area contributed by atoms with Crippen molar-refractivity contribution in [1.82, 2.24) is 0 Å². The molecule has 0 amide bonds. The van der Waals surface area contributed by atoms with Crippen LogP contribution in [0, 0.1) is 0 Å². The Labute approximate surface area is 195 Å². The molecule has 0 heterocycles. The van der Waals surface area contributed by atoms with Crippen LogP contribution in [0.4, 0.5) is 4.79 Å². The fourth-order valence-electron chi connectivity index (χ4n) is 2.54. The van der Waals surface area contributed by atoms with Crippen LogP contribution in [0.15, 0.2) is 25.3 Å². The normalized spacial score (nSPS) is 9.40. The Balaban J connectivity index is -0.000000412. The van der Waals surface area contributed by atoms with Gasteiger partial charge in [-0.05, 0) is 19.3 Å². The molecule has 0 aliphatic carbocycles. The van der Waals surface area contributed by atoms with Gasteiger partial charge < -0.3 is 15.9 Å². The molecule has 0 rings (SSSR count). The number of carbonyl (C=O) groups is 2. The van der Waals surface area contributed by atoms with Gasteiger partial charge in [-0.15, -0.1) is 6.58 Å². The van der Waals surface area contributed by atoms with Crippen molar-refractivity contribution in [2.45, 2.75) is 94.1 Å². The topological polar surface area (TPSA) is 121 Å². The number of carboxylic acids is 1. The third kappa shape index (κ3) is 45.8. The first-order valence-corrected chi connectivity index (χ1v) is 16.3. The number of aliphatic carboxylic acids is 1. The smallest absolute Gasteiger partial charge is 0.0553 e. The average molecular weight is 531 g/mol. The molecule has 0 saturated heterocycles. The van der Waals surface area contributed by atoms with Gasteiger partial charge >= 0.3 is 97.9 Å². The monoisotopic (exact) mass is 531 g/mol. The molecular formula is C23H46InNO5. The van der Waals surface area contributed by atoms with Crippen molar-refractivity contribution in [3.05, 3.63) is 25.3 Å². The molecule has 0 aliphatic rings. The third-order valence-corrected chi connectivity index (χ3v) is 7.88. The van der Waals surface area contributed by atoms with Gasteiger partial charge in [-0.3, -0.25) is 4.79 Å². The second-order valence-corrected chi connectivity index (χ2v) is 12.4. The van der Waals surface area contributed by atoms with Crippen molar-refractivity contribution in [2.24, 2.45) is 5.73 Å². The molecular weight excluding hydrogens is 485 g/mol. The van der Waals surface area contributed by atoms with Crippen LogP contribution in [-0.2, 0) is 4.79 Å². The van der Waals surface area contributed by atoms with Crippen LogP contribution < -0.4 is 5.73 Å². The van der Waals surface area contributed by atoms with E-state index >= 15 is 0 Å². The number of aliphatic hydroxyl groups excluding tert-OH is 1. The van der Waals surface area contributed by atoms with Gasteiger partial charge in [0.2, 0.25) is 0 Å². The standard InChI is InChI=1S/C11H20O2.C9H17.C2H7NO.CHO2.In.H/c1-2-3-4-5-6-7-8-9-10-11(12)13;1-3-5-7-9-8-6-4-2;3-1-2-4;2-1-3;;/h2H,1,3-10H2,(H,12,13);3H,1-2,4-9H2;4H,1-3H2;(H,2,3);;. The molecule has 0 bridgehead atoms. The number of hydrogen-bond donors (Lipinski definition) is 4. The summed E-state index contributed by atoms with van der Waals surface area (Å²) in [5.41, 5.74) is 4.78. The number of hydrogen-bond acceptors (Lipinski definition) is 4. The summed E-state index contributed by atoms with van der Waals surface area (Å²) in [5.74, 6) is -0.674. The summed E-state index contributed by atoms with van der Waals surface area (Å²) in [7, 11) is 0. The first kappa shape index (κ1) is 33.8. The number of rotatable bonds is 19. The van der Waals surface area contributed by atoms with Crippen molar-refractivity contribution in [3.63, 3.8) is 0 Å². The van der Waals surface area contributed by atoms with E-state index in [9.17, 15) is 9.59 Å². The van der Waals surface area contributed by atoms with E-state index in [1.54, 1.807) is 0 Å². The fraction of sp³-hybridized carbons (Fsp3) is 0.739. The van der Waals surface area contributed by atoms with Crippen molar-refractivity contribution in [1.29, 1.82) is 0 Å². The molecule has 7 heteroatoms. The molecule has 0 spiro atoms. The molecule has 0 aromatic carbocycles. The molecule has 6 nitrogen and oxygen atoms in total. The molecule has 0 radical (unpaired) electrons. The number of aliphatic hydroxyl groups is 1. The molecule has 5 N–H and O–H groups in total. The van der Waals surface area contributed by atoms with E-state index in [0.29, 0.717) is 13.0 Å². The number of nitrogens with two attached hydrogens (primary N) is 1. The van der Waals surface area contributed by atoms with Gasteiger partial charge in [0, 0.05) is 13.0 Å². The summed E-state index contributed by atoms with van der Waals surface area (Å²) >= 11 is -1.37. The van der Waals surface area contributed by atoms with Crippen LogP contribution >= 0.6 is 0 Å². The predicted octanol–water partition coefficient (Wildman–Crippen LogP) is 5.36. The minimum absolute atomic E-state index is 0.0972. The molecule has 0 aromatic heterocycles. The van der Waals surface area contributed by atoms with Gasteiger partial charge in [-0.1, -0.05) is 31.8 Å². The molecule has 0 fully saturated rings. The molecule has 0 aromatic rings. The summed E-state index contributed by atoms with van der Waals surface area (Å²) in [6.45, 7) is 7.80. The van der Waals surface area contributed by atoms with E-state index < -0.39 is 32.6 Å². The summed E-state index contributed by atoms with van der Waals surface area (Å²) in [6.07, 6.45) is 19.4. The van der Waals surface area contributed by atoms with Crippen molar-refractivity contribution in [3.8, 4) is 0 Å². The van der Waals surface area contributed by atoms with E-state index in [0.717, 1.165) is 36.3 Å². The Morgan fingerprint density at radius 1 is 0.767 bits per heavy atom. The van der Waals surface area contributed by atoms with Crippen LogP contribution in [0.25, 0.3) is 0 Å². The maximum Gasteiger partial charge on any atom is 0.0553 e. The molecule has 176 valence electrons. The van der Waals surface area contributed by atoms with Gasteiger partial charge in [0.15, 0.2) is 0 Å². The second kappa shape index (κ2) is 32.9. The summed E-state index contributed by atoms with van der Waals surface area (Å²) in [6, 6.07) is 0. The number of allylic oxidation sites excluding steroid dienone is 2. The minimum Gasteiger partial charge on any atom is -0.395 e. The molecule has 0 aliphatic heterocycles. The number of carboxylic acid groups (broad SMARTS) is 2. The largest absolute Gasteiger partial charge is 0.395 e. The SMILES string of the molecule is C=CCCCCCCCCC(=O)O.C=CCCCCCC[CH2][InH][C](=O)O.NCCO. The van der Waals surface area contributed by atoms with E-state index in [2.05, 4.69) is 13.2 Å². The zero-order valence-electron chi connectivity index (χ0n) is 19.0. The van der Waals surface area contributed by atoms with Gasteiger partial charge in [0.05, 0.1) is 6.61 Å². The minimum atomic E-state index is -1.37. The fourth-order valence-corrected chi connectivity index (χ4v) is 5.13. The zero-order chi connectivity index (χ0) is 23.3. The van der Waals surface area contributed by atoms with Crippen molar-refractivity contribution < 1.29 is 24.9 Å². The zero-order valence-corrected chi connectivity index (χ0v) is 23.1. The number of unbranched alkanes of at least 4 members (excludes halogenated alkanes) is 11. The van der Waals surface area contributed by atoms with E-state index in [1.807, 2.05) is 12.2 Å². The van der Waals surface area contributed by atoms with E-state index in [-0.39, 0.29) is 6.61 Å². The summed E-state index contributed by atoms with van der Waals surface area (Å²) in [4.78, 5) is 20.4. The Morgan fingerprint density at radius 2 is 1.17 bits per heavy atom. The van der Waals surface area contributed by atoms with Crippen LogP contribution in [0.2, 0.25) is 4.18 Å². The Hall–Kier alpha value is -0.790. The second-order valence-electron chi connectivity index (χ2n) is 7.20. The third-order valence-electron chi connectivity index (χ3n) is 4.23. The maximum absolute atomic E-state index is 10.3. The van der Waals surface area contributed by atoms with Gasteiger partial charge in [-0.2, -0.15) is 0 Å². The first-order chi connectivity index (χ1) is 14.5. The molecule has 0 atom stereocenters. The van der Waals surface area contributed by atoms with E-state index in [4.69, 9.17) is 21.1 Å². The molecule has 30 heavy (non-hydrogen) atoms. The quantitative estimate of drug-likeness (QED) is 0.132. The average Bonchev–Trinajstić information content (AvgIpc) is 2.72. The molecule has 0 saturated carbocycles. The van der Waals surface area contributed by atoms with Gasteiger partial charge in [0.1, 0.15) is 0 Å². The van der Waals surface area contributed by atoms with Crippen LogP contribution in [0.1, 0.15) is 89.9 Å². The Kier molecular flexibility index (Phi) is 37.1. The Bertz CT molecular complexity index is 356. The molecule has 0 unspecified atom stereocenters. The van der Waals surface area contributed by atoms with Crippen molar-refractivity contribution >= 4 is 32.6 Å². The maximum atomic E-state index is 10.3. The van der Waals surface area contributed by atoms with Gasteiger partial charge in [-0.25, -0.2) is 0 Å². The van der Waals surface area contributed by atoms with Crippen LogP contribution in [0.5, 0.6) is 0 Å². The summed E-state index contributed by atoms with van der Waals surface area (Å²) in [5, 5.41) is 24.6. The van der Waals surface area contributed by atoms with Crippen LogP contribution in [-0.4, -0.2) is 61.1 Å². The predicted molar refractivity (Wildman–Crippen MR) is 129 cm³/mol. The van der Waals surface area contributed by atoms with Crippen LogP contribution in [0.3, 0.4) is 0 Å². The summed E-state index contributed by atoms with van der Waals surface area (Å²) < 4.78 is 0.576. The van der Waals surface area contributed by atoms with Gasteiger partial charge in [0.25, 0.3) is 0 Å².